The van der Waals surface area contributed by atoms with Gasteiger partial charge in [-0.05, 0) is 24.3 Å². The molecule has 1 fully saturated rings. The molecule has 2 aromatic rings. The number of urea groups is 1. The molecular formula is C18H14N2O5. The average molecular weight is 338 g/mol. The number of rotatable bonds is 3. The Kier molecular flexibility index (Phi) is 4.21. The first-order valence-corrected chi connectivity index (χ1v) is 7.35. The molecule has 7 nitrogen and oxygen atoms in total. The molecule has 2 aromatic carbocycles. The van der Waals surface area contributed by atoms with Crippen LogP contribution in [0.1, 0.15) is 5.56 Å². The van der Waals surface area contributed by atoms with Gasteiger partial charge in [0.2, 0.25) is 0 Å². The normalized spacial score (nSPS) is 16.1. The van der Waals surface area contributed by atoms with Crippen molar-refractivity contribution in [2.75, 3.05) is 12.0 Å². The fraction of sp³-hybridized carbons (Fsp3) is 0.0556. The van der Waals surface area contributed by atoms with Gasteiger partial charge in [0, 0.05) is 5.56 Å². The van der Waals surface area contributed by atoms with Gasteiger partial charge in [0.05, 0.1) is 12.8 Å². The van der Waals surface area contributed by atoms with E-state index in [-0.39, 0.29) is 22.6 Å². The van der Waals surface area contributed by atoms with E-state index < -0.39 is 17.8 Å². The molecule has 0 aliphatic carbocycles. The number of hydrogen-bond donors (Lipinski definition) is 2. The molecule has 0 radical (unpaired) electrons. The molecule has 126 valence electrons. The fourth-order valence-corrected chi connectivity index (χ4v) is 2.45. The highest BCUT2D eigenvalue weighted by Crippen LogP contribution is 2.31. The SMILES string of the molecule is COc1cccc(/C=C2/C(=O)NC(=O)N(c3ccccc3)C2=O)c1O. The van der Waals surface area contributed by atoms with Gasteiger partial charge in [-0.3, -0.25) is 14.9 Å². The monoisotopic (exact) mass is 338 g/mol. The maximum absolute atomic E-state index is 12.7. The number of ether oxygens (including phenoxy) is 1. The summed E-state index contributed by atoms with van der Waals surface area (Å²) < 4.78 is 5.01. The van der Waals surface area contributed by atoms with Crippen molar-refractivity contribution < 1.29 is 24.2 Å². The minimum absolute atomic E-state index is 0.203. The van der Waals surface area contributed by atoms with Crippen LogP contribution in [-0.4, -0.2) is 30.1 Å². The topological polar surface area (TPSA) is 95.9 Å². The van der Waals surface area contributed by atoms with Crippen LogP contribution in [-0.2, 0) is 9.59 Å². The number of para-hydroxylation sites is 2. The Morgan fingerprint density at radius 2 is 1.76 bits per heavy atom. The number of benzene rings is 2. The first-order chi connectivity index (χ1) is 12.0. The van der Waals surface area contributed by atoms with E-state index in [0.717, 1.165) is 4.90 Å². The molecule has 1 heterocycles. The van der Waals surface area contributed by atoms with Crippen LogP contribution < -0.4 is 15.0 Å². The zero-order valence-corrected chi connectivity index (χ0v) is 13.2. The number of anilines is 1. The Labute approximate surface area is 143 Å². The summed E-state index contributed by atoms with van der Waals surface area (Å²) in [6, 6.07) is 12.1. The molecule has 3 rings (SSSR count). The lowest BCUT2D eigenvalue weighted by atomic mass is 10.1. The largest absolute Gasteiger partial charge is 0.504 e. The molecule has 25 heavy (non-hydrogen) atoms. The van der Waals surface area contributed by atoms with E-state index >= 15 is 0 Å². The zero-order valence-electron chi connectivity index (χ0n) is 13.2. The van der Waals surface area contributed by atoms with Crippen LogP contribution in [0.5, 0.6) is 11.5 Å². The third kappa shape index (κ3) is 2.94. The maximum atomic E-state index is 12.7. The molecule has 2 N–H and O–H groups in total. The highest BCUT2D eigenvalue weighted by atomic mass is 16.5. The van der Waals surface area contributed by atoms with E-state index in [1.165, 1.54) is 19.3 Å². The Bertz CT molecular complexity index is 890. The number of carbonyl (C=O) groups excluding carboxylic acids is 3. The predicted octanol–water partition coefficient (Wildman–Crippen LogP) is 2.07. The lowest BCUT2D eigenvalue weighted by Gasteiger charge is -2.26. The average Bonchev–Trinajstić information content (AvgIpc) is 2.60. The summed E-state index contributed by atoms with van der Waals surface area (Å²) >= 11 is 0. The van der Waals surface area contributed by atoms with Gasteiger partial charge < -0.3 is 9.84 Å². The third-order valence-corrected chi connectivity index (χ3v) is 3.67. The smallest absolute Gasteiger partial charge is 0.335 e. The van der Waals surface area contributed by atoms with Crippen LogP contribution in [0.3, 0.4) is 0 Å². The van der Waals surface area contributed by atoms with Crippen molar-refractivity contribution >= 4 is 29.6 Å². The highest BCUT2D eigenvalue weighted by Gasteiger charge is 2.36. The number of aromatic hydroxyl groups is 1. The minimum Gasteiger partial charge on any atom is -0.504 e. The second-order valence-corrected chi connectivity index (χ2v) is 5.19. The molecule has 0 spiro atoms. The van der Waals surface area contributed by atoms with Crippen LogP contribution in [0.2, 0.25) is 0 Å². The molecule has 0 unspecified atom stereocenters. The van der Waals surface area contributed by atoms with Crippen LogP contribution in [0.15, 0.2) is 54.1 Å². The summed E-state index contributed by atoms with van der Waals surface area (Å²) in [5, 5.41) is 12.3. The van der Waals surface area contributed by atoms with Gasteiger partial charge in [0.15, 0.2) is 11.5 Å². The molecule has 1 aliphatic heterocycles. The standard InChI is InChI=1S/C18H14N2O5/c1-25-14-9-5-6-11(15(14)21)10-13-16(22)19-18(24)20(17(13)23)12-7-3-2-4-8-12/h2-10,21H,1H3,(H,19,22,24)/b13-10-. The summed E-state index contributed by atoms with van der Waals surface area (Å²) in [4.78, 5) is 37.7. The van der Waals surface area contributed by atoms with Crippen molar-refractivity contribution in [1.29, 1.82) is 0 Å². The number of phenols is 1. The van der Waals surface area contributed by atoms with Gasteiger partial charge in [-0.15, -0.1) is 0 Å². The van der Waals surface area contributed by atoms with Gasteiger partial charge in [0.25, 0.3) is 11.8 Å². The van der Waals surface area contributed by atoms with E-state index in [1.54, 1.807) is 42.5 Å². The van der Waals surface area contributed by atoms with Gasteiger partial charge >= 0.3 is 6.03 Å². The minimum atomic E-state index is -0.829. The van der Waals surface area contributed by atoms with Crippen LogP contribution >= 0.6 is 0 Å². The summed E-state index contributed by atoms with van der Waals surface area (Å²) in [5.74, 6) is -1.61. The fourth-order valence-electron chi connectivity index (χ4n) is 2.45. The number of imide groups is 2. The van der Waals surface area contributed by atoms with Crippen molar-refractivity contribution in [3.05, 3.63) is 59.7 Å². The second kappa shape index (κ2) is 6.48. The number of carbonyl (C=O) groups is 3. The van der Waals surface area contributed by atoms with E-state index in [0.29, 0.717) is 5.69 Å². The Morgan fingerprint density at radius 3 is 2.44 bits per heavy atom. The predicted molar refractivity (Wildman–Crippen MR) is 90.1 cm³/mol. The molecule has 7 heteroatoms. The van der Waals surface area contributed by atoms with Gasteiger partial charge in [0.1, 0.15) is 5.57 Å². The Hall–Kier alpha value is -3.61. The van der Waals surface area contributed by atoms with Crippen LogP contribution in [0.4, 0.5) is 10.5 Å². The van der Waals surface area contributed by atoms with Crippen molar-refractivity contribution in [1.82, 2.24) is 5.32 Å². The van der Waals surface area contributed by atoms with E-state index in [4.69, 9.17) is 4.74 Å². The highest BCUT2D eigenvalue weighted by molar-refractivity contribution is 6.39. The molecule has 0 saturated carbocycles. The molecule has 0 atom stereocenters. The number of phenolic OH excluding ortho intramolecular Hbond substituents is 1. The van der Waals surface area contributed by atoms with E-state index in [9.17, 15) is 19.5 Å². The molecule has 4 amide bonds. The summed E-state index contributed by atoms with van der Waals surface area (Å²) in [7, 11) is 1.39. The number of nitrogens with zero attached hydrogens (tertiary/aromatic N) is 1. The Morgan fingerprint density at radius 1 is 1.04 bits per heavy atom. The summed E-state index contributed by atoms with van der Waals surface area (Å²) in [6.45, 7) is 0. The number of methoxy groups -OCH3 is 1. The van der Waals surface area contributed by atoms with Gasteiger partial charge in [-0.1, -0.05) is 30.3 Å². The lowest BCUT2D eigenvalue weighted by Crippen LogP contribution is -2.54. The number of amides is 4. The molecule has 1 aliphatic rings. The molecular weight excluding hydrogens is 324 g/mol. The summed E-state index contributed by atoms with van der Waals surface area (Å²) in [6.07, 6.45) is 1.22. The third-order valence-electron chi connectivity index (χ3n) is 3.67. The molecule has 0 bridgehead atoms. The van der Waals surface area contributed by atoms with Crippen molar-refractivity contribution in [2.45, 2.75) is 0 Å². The Balaban J connectivity index is 2.05. The second-order valence-electron chi connectivity index (χ2n) is 5.19. The number of barbiturate groups is 1. The summed E-state index contributed by atoms with van der Waals surface area (Å²) in [5.41, 5.74) is 0.283. The maximum Gasteiger partial charge on any atom is 0.335 e. The number of hydrogen-bond acceptors (Lipinski definition) is 5. The molecule has 1 saturated heterocycles. The van der Waals surface area contributed by atoms with Crippen molar-refractivity contribution in [3.63, 3.8) is 0 Å². The van der Waals surface area contributed by atoms with E-state index in [1.807, 2.05) is 0 Å². The van der Waals surface area contributed by atoms with Crippen LogP contribution in [0.25, 0.3) is 6.08 Å². The van der Waals surface area contributed by atoms with Crippen molar-refractivity contribution in [2.24, 2.45) is 0 Å². The van der Waals surface area contributed by atoms with E-state index in [2.05, 4.69) is 5.32 Å². The lowest BCUT2D eigenvalue weighted by molar-refractivity contribution is -0.122. The first-order valence-electron chi connectivity index (χ1n) is 7.35. The van der Waals surface area contributed by atoms with Gasteiger partial charge in [-0.25, -0.2) is 9.69 Å². The zero-order chi connectivity index (χ0) is 18.0. The quantitative estimate of drug-likeness (QED) is 0.660. The molecule has 0 aromatic heterocycles. The van der Waals surface area contributed by atoms with Gasteiger partial charge in [-0.2, -0.15) is 0 Å². The van der Waals surface area contributed by atoms with Crippen LogP contribution in [0, 0.1) is 0 Å². The van der Waals surface area contributed by atoms with Crippen molar-refractivity contribution in [3.8, 4) is 11.5 Å². The first kappa shape index (κ1) is 16.3. The number of nitrogens with one attached hydrogen (secondary N) is 1.